The van der Waals surface area contributed by atoms with Gasteiger partial charge in [0.1, 0.15) is 5.82 Å². The number of nitrogens with zero attached hydrogens (tertiary/aromatic N) is 3. The van der Waals surface area contributed by atoms with E-state index in [1.54, 1.807) is 24.3 Å². The summed E-state index contributed by atoms with van der Waals surface area (Å²) in [7, 11) is 0. The minimum atomic E-state index is -3.31. The first-order chi connectivity index (χ1) is 19.7. The Kier molecular flexibility index (Phi) is 8.34. The van der Waals surface area contributed by atoms with Crippen molar-refractivity contribution in [3.63, 3.8) is 0 Å². The van der Waals surface area contributed by atoms with E-state index >= 15 is 0 Å². The highest BCUT2D eigenvalue weighted by Gasteiger charge is 2.28. The zero-order valence-electron chi connectivity index (χ0n) is 22.5. The maximum atomic E-state index is 14.4. The van der Waals surface area contributed by atoms with E-state index < -0.39 is 29.5 Å². The van der Waals surface area contributed by atoms with Crippen molar-refractivity contribution < 1.29 is 22.8 Å². The number of nitrogens with one attached hydrogen (secondary N) is 3. The largest absolute Gasteiger partial charge is 0.315 e. The van der Waals surface area contributed by atoms with Crippen LogP contribution >= 0.6 is 0 Å². The molecule has 41 heavy (non-hydrogen) atoms. The number of rotatable bonds is 8. The van der Waals surface area contributed by atoms with Gasteiger partial charge in [-0.3, -0.25) is 9.59 Å². The molecule has 1 unspecified atom stereocenters. The summed E-state index contributed by atoms with van der Waals surface area (Å²) < 4.78 is 42.5. The average molecular weight is 565 g/mol. The molecule has 214 valence electrons. The number of hydrogen-bond donors (Lipinski definition) is 3. The van der Waals surface area contributed by atoms with Gasteiger partial charge in [-0.15, -0.1) is 5.11 Å². The molecule has 3 aromatic rings. The second kappa shape index (κ2) is 12.1. The van der Waals surface area contributed by atoms with Gasteiger partial charge in [0, 0.05) is 29.3 Å². The van der Waals surface area contributed by atoms with Crippen LogP contribution in [-0.4, -0.2) is 18.1 Å². The van der Waals surface area contributed by atoms with Crippen LogP contribution < -0.4 is 21.2 Å². The topological polar surface area (TPSA) is 98.2 Å². The molecule has 3 aromatic carbocycles. The van der Waals surface area contributed by atoms with E-state index in [4.69, 9.17) is 0 Å². The second-order valence-electron chi connectivity index (χ2n) is 10.5. The summed E-state index contributed by atoms with van der Waals surface area (Å²) >= 11 is 0. The van der Waals surface area contributed by atoms with Gasteiger partial charge in [-0.25, -0.2) is 18.7 Å². The molecule has 0 saturated heterocycles. The molecular formula is C30H31F3N6O2. The van der Waals surface area contributed by atoms with Crippen LogP contribution in [0.4, 0.5) is 18.9 Å². The molecule has 1 heterocycles. The summed E-state index contributed by atoms with van der Waals surface area (Å²) in [4.78, 5) is 27.7. The van der Waals surface area contributed by atoms with Gasteiger partial charge >= 0.3 is 0 Å². The third kappa shape index (κ3) is 6.91. The lowest BCUT2D eigenvalue weighted by molar-refractivity contribution is 0.0171. The van der Waals surface area contributed by atoms with Crippen molar-refractivity contribution in [2.45, 2.75) is 63.7 Å². The first-order valence-corrected chi connectivity index (χ1v) is 13.6. The van der Waals surface area contributed by atoms with E-state index in [2.05, 4.69) is 26.6 Å². The molecule has 1 atom stereocenters. The van der Waals surface area contributed by atoms with Crippen molar-refractivity contribution in [3.05, 3.63) is 100 Å². The molecule has 5 rings (SSSR count). The maximum absolute atomic E-state index is 14.4. The van der Waals surface area contributed by atoms with Crippen molar-refractivity contribution in [1.29, 1.82) is 0 Å². The Morgan fingerprint density at radius 2 is 1.68 bits per heavy atom. The normalized spacial score (nSPS) is 17.2. The van der Waals surface area contributed by atoms with Crippen LogP contribution in [0.1, 0.15) is 82.4 Å². The van der Waals surface area contributed by atoms with E-state index in [1.807, 2.05) is 24.3 Å². The molecule has 0 bridgehead atoms. The number of benzene rings is 3. The number of carbonyl (C=O) groups excluding carboxylic acids is 2. The first-order valence-electron chi connectivity index (χ1n) is 13.6. The molecule has 0 aromatic heterocycles. The molecule has 1 aliphatic carbocycles. The Morgan fingerprint density at radius 3 is 2.32 bits per heavy atom. The van der Waals surface area contributed by atoms with E-state index in [0.29, 0.717) is 29.7 Å². The average Bonchev–Trinajstić information content (AvgIpc) is 3.49. The number of hydrazine groups is 1. The number of hydrogen-bond acceptors (Lipinski definition) is 6. The zero-order valence-corrected chi connectivity index (χ0v) is 22.5. The molecule has 2 aliphatic rings. The predicted molar refractivity (Wildman–Crippen MR) is 148 cm³/mol. The molecule has 0 spiro atoms. The number of amides is 2. The van der Waals surface area contributed by atoms with Gasteiger partial charge in [-0.2, -0.15) is 5.43 Å². The van der Waals surface area contributed by atoms with Crippen LogP contribution in [0.3, 0.4) is 0 Å². The quantitative estimate of drug-likeness (QED) is 0.298. The van der Waals surface area contributed by atoms with Gasteiger partial charge < -0.3 is 10.2 Å². The SMILES string of the molecule is CC(F)(F)c1cc(F)cc(C(=O)N(Cc2ccc(C(=O)NC3N=NNN3)cc2)c2ccc(C3CCCCC3)cc2)c1. The van der Waals surface area contributed by atoms with Crippen LogP contribution in [0.5, 0.6) is 0 Å². The monoisotopic (exact) mass is 564 g/mol. The minimum absolute atomic E-state index is 0.0696. The summed E-state index contributed by atoms with van der Waals surface area (Å²) in [5.41, 5.74) is 7.12. The number of anilines is 1. The summed E-state index contributed by atoms with van der Waals surface area (Å²) in [6.45, 7) is 0.734. The molecule has 0 radical (unpaired) electrons. The van der Waals surface area contributed by atoms with Crippen molar-refractivity contribution in [2.24, 2.45) is 10.3 Å². The Morgan fingerprint density at radius 1 is 0.976 bits per heavy atom. The van der Waals surface area contributed by atoms with Crippen LogP contribution in [0.2, 0.25) is 0 Å². The lowest BCUT2D eigenvalue weighted by Crippen LogP contribution is -2.44. The Balaban J connectivity index is 1.42. The standard InChI is InChI=1S/C30H31F3N6O2/c1-30(32,33)24-15-23(16-25(31)17-24)28(41)39(26-13-11-21(12-14-26)20-5-3-2-4-6-20)18-19-7-9-22(10-8-19)27(40)34-29-35-37-38-36-29/h7-17,20,29H,2-6,18H2,1H3,(H,34,40)(H,35,38)(H,36,37). The van der Waals surface area contributed by atoms with Crippen LogP contribution in [0, 0.1) is 5.82 Å². The Bertz CT molecular complexity index is 1420. The number of carbonyl (C=O) groups is 2. The van der Waals surface area contributed by atoms with Crippen LogP contribution in [0.15, 0.2) is 77.1 Å². The van der Waals surface area contributed by atoms with Gasteiger partial charge in [0.2, 0.25) is 6.29 Å². The third-order valence-electron chi connectivity index (χ3n) is 7.43. The number of halogens is 3. The molecule has 1 fully saturated rings. The predicted octanol–water partition coefficient (Wildman–Crippen LogP) is 6.32. The highest BCUT2D eigenvalue weighted by atomic mass is 19.3. The smallest absolute Gasteiger partial charge is 0.270 e. The number of alkyl halides is 2. The van der Waals surface area contributed by atoms with Crippen molar-refractivity contribution in [1.82, 2.24) is 16.3 Å². The van der Waals surface area contributed by atoms with Crippen molar-refractivity contribution in [2.75, 3.05) is 4.90 Å². The fraction of sp³-hybridized carbons (Fsp3) is 0.333. The molecule has 11 heteroatoms. The van der Waals surface area contributed by atoms with Crippen molar-refractivity contribution in [3.8, 4) is 0 Å². The Labute approximate surface area is 236 Å². The fourth-order valence-corrected chi connectivity index (χ4v) is 5.19. The third-order valence-corrected chi connectivity index (χ3v) is 7.43. The van der Waals surface area contributed by atoms with Crippen LogP contribution in [0.25, 0.3) is 0 Å². The van der Waals surface area contributed by atoms with Gasteiger partial charge in [0.15, 0.2) is 0 Å². The fourth-order valence-electron chi connectivity index (χ4n) is 5.19. The van der Waals surface area contributed by atoms with E-state index in [1.165, 1.54) is 29.7 Å². The second-order valence-corrected chi connectivity index (χ2v) is 10.5. The Hall–Kier alpha value is -4.25. The van der Waals surface area contributed by atoms with Crippen LogP contribution in [-0.2, 0) is 12.5 Å². The summed E-state index contributed by atoms with van der Waals surface area (Å²) in [5, 5.41) is 9.93. The van der Waals surface area contributed by atoms with Gasteiger partial charge in [0.05, 0.1) is 6.54 Å². The van der Waals surface area contributed by atoms with Gasteiger partial charge in [-0.1, -0.05) is 48.8 Å². The highest BCUT2D eigenvalue weighted by Crippen LogP contribution is 2.34. The molecule has 1 saturated carbocycles. The highest BCUT2D eigenvalue weighted by molar-refractivity contribution is 6.06. The van der Waals surface area contributed by atoms with Gasteiger partial charge in [-0.05, 0) is 72.4 Å². The zero-order chi connectivity index (χ0) is 29.0. The summed E-state index contributed by atoms with van der Waals surface area (Å²) in [6, 6.07) is 17.0. The lowest BCUT2D eigenvalue weighted by Gasteiger charge is -2.26. The minimum Gasteiger partial charge on any atom is -0.315 e. The summed E-state index contributed by atoms with van der Waals surface area (Å²) in [5.74, 6) is -4.76. The van der Waals surface area contributed by atoms with Crippen molar-refractivity contribution >= 4 is 17.5 Å². The first kappa shape index (κ1) is 28.3. The molecular weight excluding hydrogens is 533 g/mol. The van der Waals surface area contributed by atoms with Gasteiger partial charge in [0.25, 0.3) is 17.7 Å². The van der Waals surface area contributed by atoms with E-state index in [-0.39, 0.29) is 18.0 Å². The maximum Gasteiger partial charge on any atom is 0.270 e. The lowest BCUT2D eigenvalue weighted by atomic mass is 9.84. The van der Waals surface area contributed by atoms with E-state index in [0.717, 1.165) is 31.0 Å². The molecule has 8 nitrogen and oxygen atoms in total. The molecule has 2 amide bonds. The molecule has 3 N–H and O–H groups in total. The summed E-state index contributed by atoms with van der Waals surface area (Å²) in [6.07, 6.45) is 5.16. The molecule has 1 aliphatic heterocycles. The van der Waals surface area contributed by atoms with E-state index in [9.17, 15) is 22.8 Å².